The standard InChI is InChI=1S/C21H40O5/c1-2-3-4-5-6-7-8-9-10-11-12-13-14-15-25-19(16-22)21-20(24)18(23)17-26-21/h11-12,18-24H,2-10,13-17H2,1H3/b12-11+/t18-,19+,20+,21+/m1/s1. The summed E-state index contributed by atoms with van der Waals surface area (Å²) in [5, 5.41) is 28.7. The minimum absolute atomic E-state index is 0.0904. The van der Waals surface area contributed by atoms with Crippen molar-refractivity contribution in [1.82, 2.24) is 0 Å². The normalized spacial score (nSPS) is 24.5. The number of aliphatic hydroxyl groups is 3. The summed E-state index contributed by atoms with van der Waals surface area (Å²) in [4.78, 5) is 0. The lowest BCUT2D eigenvalue weighted by atomic mass is 10.1. The molecule has 4 atom stereocenters. The second-order valence-corrected chi connectivity index (χ2v) is 7.32. The van der Waals surface area contributed by atoms with Crippen LogP contribution in [0.15, 0.2) is 12.2 Å². The lowest BCUT2D eigenvalue weighted by Gasteiger charge is -2.24. The van der Waals surface area contributed by atoms with Gasteiger partial charge in [-0.05, 0) is 25.7 Å². The quantitative estimate of drug-likeness (QED) is 0.286. The molecule has 26 heavy (non-hydrogen) atoms. The van der Waals surface area contributed by atoms with Crippen molar-refractivity contribution in [2.75, 3.05) is 19.8 Å². The second-order valence-electron chi connectivity index (χ2n) is 7.32. The fraction of sp³-hybridized carbons (Fsp3) is 0.905. The van der Waals surface area contributed by atoms with Crippen LogP contribution in [0.25, 0.3) is 0 Å². The van der Waals surface area contributed by atoms with Crippen LogP contribution in [-0.4, -0.2) is 59.6 Å². The van der Waals surface area contributed by atoms with Crippen molar-refractivity contribution in [1.29, 1.82) is 0 Å². The third-order valence-electron chi connectivity index (χ3n) is 4.97. The highest BCUT2D eigenvalue weighted by Gasteiger charge is 2.40. The summed E-state index contributed by atoms with van der Waals surface area (Å²) in [6.07, 6.45) is 15.1. The Morgan fingerprint density at radius 3 is 2.15 bits per heavy atom. The van der Waals surface area contributed by atoms with E-state index in [4.69, 9.17) is 9.47 Å². The molecule has 0 aromatic heterocycles. The van der Waals surface area contributed by atoms with Crippen LogP contribution in [0.2, 0.25) is 0 Å². The minimum Gasteiger partial charge on any atom is -0.394 e. The highest BCUT2D eigenvalue weighted by atomic mass is 16.6. The Hall–Kier alpha value is -0.460. The summed E-state index contributed by atoms with van der Waals surface area (Å²) in [5.41, 5.74) is 0. The summed E-state index contributed by atoms with van der Waals surface area (Å²) in [6.45, 7) is 2.63. The third kappa shape index (κ3) is 10.0. The van der Waals surface area contributed by atoms with Gasteiger partial charge in [-0.15, -0.1) is 0 Å². The average molecular weight is 373 g/mol. The van der Waals surface area contributed by atoms with Crippen LogP contribution >= 0.6 is 0 Å². The Kier molecular flexibility index (Phi) is 14.1. The third-order valence-corrected chi connectivity index (χ3v) is 4.97. The minimum atomic E-state index is -0.987. The van der Waals surface area contributed by atoms with Gasteiger partial charge in [-0.3, -0.25) is 0 Å². The molecule has 0 radical (unpaired) electrons. The molecule has 0 spiro atoms. The molecule has 0 aliphatic carbocycles. The van der Waals surface area contributed by atoms with Gasteiger partial charge in [0.2, 0.25) is 0 Å². The van der Waals surface area contributed by atoms with E-state index in [1.807, 2.05) is 0 Å². The number of ether oxygens (including phenoxy) is 2. The lowest BCUT2D eigenvalue weighted by Crippen LogP contribution is -2.42. The van der Waals surface area contributed by atoms with Gasteiger partial charge in [0.1, 0.15) is 24.4 Å². The van der Waals surface area contributed by atoms with Crippen molar-refractivity contribution < 1.29 is 24.8 Å². The van der Waals surface area contributed by atoms with Gasteiger partial charge in [-0.25, -0.2) is 0 Å². The van der Waals surface area contributed by atoms with Gasteiger partial charge >= 0.3 is 0 Å². The number of rotatable bonds is 16. The molecule has 0 unspecified atom stereocenters. The van der Waals surface area contributed by atoms with E-state index in [1.54, 1.807) is 0 Å². The molecule has 0 amide bonds. The molecule has 1 rings (SSSR count). The van der Waals surface area contributed by atoms with E-state index in [2.05, 4.69) is 19.1 Å². The number of unbranched alkanes of at least 4 members (excludes halogenated alkanes) is 9. The summed E-state index contributed by atoms with van der Waals surface area (Å²) < 4.78 is 10.9. The van der Waals surface area contributed by atoms with E-state index in [0.29, 0.717) is 6.61 Å². The number of aliphatic hydroxyl groups excluding tert-OH is 3. The van der Waals surface area contributed by atoms with Crippen molar-refractivity contribution >= 4 is 0 Å². The average Bonchev–Trinajstić information content (AvgIpc) is 2.98. The van der Waals surface area contributed by atoms with Crippen molar-refractivity contribution in [3.8, 4) is 0 Å². The van der Waals surface area contributed by atoms with Crippen molar-refractivity contribution in [2.24, 2.45) is 0 Å². The molecule has 5 heteroatoms. The van der Waals surface area contributed by atoms with Gasteiger partial charge in [-0.2, -0.15) is 0 Å². The van der Waals surface area contributed by atoms with Crippen LogP contribution < -0.4 is 0 Å². The zero-order chi connectivity index (χ0) is 19.0. The molecular formula is C21H40O5. The first-order valence-electron chi connectivity index (χ1n) is 10.6. The predicted octanol–water partition coefficient (Wildman–Crippen LogP) is 3.35. The molecule has 1 aliphatic heterocycles. The zero-order valence-electron chi connectivity index (χ0n) is 16.5. The van der Waals surface area contributed by atoms with Crippen molar-refractivity contribution in [3.05, 3.63) is 12.2 Å². The fourth-order valence-corrected chi connectivity index (χ4v) is 3.27. The predicted molar refractivity (Wildman–Crippen MR) is 104 cm³/mol. The molecule has 1 heterocycles. The van der Waals surface area contributed by atoms with Crippen LogP contribution in [0.1, 0.15) is 77.6 Å². The zero-order valence-corrected chi connectivity index (χ0v) is 16.5. The Labute approximate surface area is 159 Å². The van der Waals surface area contributed by atoms with E-state index in [0.717, 1.165) is 19.3 Å². The fourth-order valence-electron chi connectivity index (χ4n) is 3.27. The van der Waals surface area contributed by atoms with E-state index in [1.165, 1.54) is 51.4 Å². The van der Waals surface area contributed by atoms with Gasteiger partial charge in [0.15, 0.2) is 0 Å². The highest BCUT2D eigenvalue weighted by Crippen LogP contribution is 2.19. The molecule has 1 aliphatic rings. The monoisotopic (exact) mass is 372 g/mol. The number of allylic oxidation sites excluding steroid dienone is 2. The van der Waals surface area contributed by atoms with Gasteiger partial charge in [0, 0.05) is 6.61 Å². The Bertz CT molecular complexity index is 347. The van der Waals surface area contributed by atoms with Crippen LogP contribution in [0.3, 0.4) is 0 Å². The maximum atomic E-state index is 9.80. The largest absolute Gasteiger partial charge is 0.394 e. The highest BCUT2D eigenvalue weighted by molar-refractivity contribution is 4.88. The molecule has 1 fully saturated rings. The molecule has 154 valence electrons. The number of hydrogen-bond acceptors (Lipinski definition) is 5. The lowest BCUT2D eigenvalue weighted by molar-refractivity contribution is -0.101. The van der Waals surface area contributed by atoms with Crippen LogP contribution in [-0.2, 0) is 9.47 Å². The molecule has 0 aromatic rings. The first-order valence-corrected chi connectivity index (χ1v) is 10.6. The Balaban J connectivity index is 1.94. The first kappa shape index (κ1) is 23.6. The Morgan fingerprint density at radius 2 is 1.58 bits per heavy atom. The van der Waals surface area contributed by atoms with E-state index in [-0.39, 0.29) is 13.2 Å². The van der Waals surface area contributed by atoms with E-state index < -0.39 is 24.4 Å². The molecule has 0 bridgehead atoms. The van der Waals surface area contributed by atoms with Crippen LogP contribution in [0, 0.1) is 0 Å². The number of hydrogen-bond donors (Lipinski definition) is 3. The van der Waals surface area contributed by atoms with Crippen LogP contribution in [0.4, 0.5) is 0 Å². The van der Waals surface area contributed by atoms with E-state index >= 15 is 0 Å². The maximum absolute atomic E-state index is 9.80. The first-order chi connectivity index (χ1) is 12.7. The summed E-state index contributed by atoms with van der Waals surface area (Å²) in [7, 11) is 0. The van der Waals surface area contributed by atoms with Gasteiger partial charge < -0.3 is 24.8 Å². The van der Waals surface area contributed by atoms with Gasteiger partial charge in [-0.1, -0.05) is 64.0 Å². The topological polar surface area (TPSA) is 79.2 Å². The van der Waals surface area contributed by atoms with Gasteiger partial charge in [0.05, 0.1) is 13.2 Å². The molecular weight excluding hydrogens is 332 g/mol. The van der Waals surface area contributed by atoms with Crippen molar-refractivity contribution in [2.45, 2.75) is 102 Å². The maximum Gasteiger partial charge on any atom is 0.114 e. The summed E-state index contributed by atoms with van der Waals surface area (Å²) >= 11 is 0. The van der Waals surface area contributed by atoms with Crippen LogP contribution in [0.5, 0.6) is 0 Å². The van der Waals surface area contributed by atoms with Gasteiger partial charge in [0.25, 0.3) is 0 Å². The molecule has 1 saturated heterocycles. The molecule has 3 N–H and O–H groups in total. The smallest absolute Gasteiger partial charge is 0.114 e. The summed E-state index contributed by atoms with van der Waals surface area (Å²) in [5.74, 6) is 0. The molecule has 5 nitrogen and oxygen atoms in total. The molecule has 0 saturated carbocycles. The molecule has 0 aromatic carbocycles. The SMILES string of the molecule is CCCCCCCCCC/C=C/CCCO[C@@H](CO)[C@@H]1OC[C@@H](O)[C@@H]1O. The summed E-state index contributed by atoms with van der Waals surface area (Å²) in [6, 6.07) is 0. The van der Waals surface area contributed by atoms with E-state index in [9.17, 15) is 15.3 Å². The Morgan fingerprint density at radius 1 is 0.962 bits per heavy atom. The van der Waals surface area contributed by atoms with Crippen molar-refractivity contribution in [3.63, 3.8) is 0 Å². The second kappa shape index (κ2) is 15.6.